The van der Waals surface area contributed by atoms with Crippen molar-refractivity contribution < 1.29 is 0 Å². The van der Waals surface area contributed by atoms with E-state index in [2.05, 4.69) is 28.6 Å². The summed E-state index contributed by atoms with van der Waals surface area (Å²) < 4.78 is 2.14. The third-order valence-electron chi connectivity index (χ3n) is 3.53. The smallest absolute Gasteiger partial charge is 0.191 e. The molecule has 96 valence electrons. The third kappa shape index (κ3) is 3.01. The zero-order valence-electron chi connectivity index (χ0n) is 10.7. The molecule has 0 saturated heterocycles. The predicted octanol–water partition coefficient (Wildman–Crippen LogP) is 2.43. The van der Waals surface area contributed by atoms with Gasteiger partial charge in [0, 0.05) is 11.8 Å². The molecular weight excluding hydrogens is 232 g/mol. The fourth-order valence-electron chi connectivity index (χ4n) is 2.37. The Hall–Kier alpha value is -0.550. The lowest BCUT2D eigenvalue weighted by molar-refractivity contribution is 0.392. The highest BCUT2D eigenvalue weighted by molar-refractivity contribution is 7.99. The van der Waals surface area contributed by atoms with E-state index >= 15 is 0 Å². The van der Waals surface area contributed by atoms with Crippen molar-refractivity contribution in [1.29, 1.82) is 0 Å². The maximum atomic E-state index is 5.66. The zero-order chi connectivity index (χ0) is 12.3. The molecule has 2 rings (SSSR count). The van der Waals surface area contributed by atoms with Gasteiger partial charge in [-0.25, -0.2) is 0 Å². The summed E-state index contributed by atoms with van der Waals surface area (Å²) in [6.07, 6.45) is 5.31. The first-order valence-corrected chi connectivity index (χ1v) is 7.41. The molecule has 0 unspecified atom stereocenters. The largest absolute Gasteiger partial charge is 0.324 e. The maximum absolute atomic E-state index is 5.66. The monoisotopic (exact) mass is 254 g/mol. The van der Waals surface area contributed by atoms with Crippen LogP contribution in [0.4, 0.5) is 0 Å². The number of hydrogen-bond acceptors (Lipinski definition) is 4. The van der Waals surface area contributed by atoms with E-state index in [-0.39, 0.29) is 0 Å². The van der Waals surface area contributed by atoms with Crippen LogP contribution in [0.5, 0.6) is 0 Å². The summed E-state index contributed by atoms with van der Waals surface area (Å²) in [5, 5.41) is 10.2. The van der Waals surface area contributed by atoms with E-state index in [1.807, 2.05) is 11.8 Å². The number of hydrogen-bond donors (Lipinski definition) is 1. The minimum atomic E-state index is 0.475. The second kappa shape index (κ2) is 5.87. The Bertz CT molecular complexity index is 355. The van der Waals surface area contributed by atoms with Gasteiger partial charge in [0.25, 0.3) is 0 Å². The standard InChI is InChI=1S/C12H22N4S/c1-3-16-11(8-13)14-15-12(16)17-10-6-4-9(2)5-7-10/h9-10H,3-8,13H2,1-2H3. The van der Waals surface area contributed by atoms with Gasteiger partial charge in [-0.05, 0) is 38.5 Å². The van der Waals surface area contributed by atoms with Crippen LogP contribution in [0.3, 0.4) is 0 Å². The molecule has 1 aliphatic rings. The highest BCUT2D eigenvalue weighted by atomic mass is 32.2. The molecule has 4 nitrogen and oxygen atoms in total. The molecule has 1 aromatic heterocycles. The van der Waals surface area contributed by atoms with Gasteiger partial charge in [0.1, 0.15) is 5.82 Å². The van der Waals surface area contributed by atoms with Crippen LogP contribution in [0.25, 0.3) is 0 Å². The Morgan fingerprint density at radius 2 is 2.00 bits per heavy atom. The first-order valence-electron chi connectivity index (χ1n) is 6.53. The van der Waals surface area contributed by atoms with Crippen molar-refractivity contribution >= 4 is 11.8 Å². The van der Waals surface area contributed by atoms with Crippen LogP contribution >= 0.6 is 11.8 Å². The van der Waals surface area contributed by atoms with Crippen LogP contribution in [0.15, 0.2) is 5.16 Å². The fourth-order valence-corrected chi connectivity index (χ4v) is 3.63. The third-order valence-corrected chi connectivity index (χ3v) is 4.84. The van der Waals surface area contributed by atoms with Crippen molar-refractivity contribution in [2.75, 3.05) is 0 Å². The summed E-state index contributed by atoms with van der Waals surface area (Å²) >= 11 is 1.89. The number of rotatable bonds is 4. The van der Waals surface area contributed by atoms with Crippen LogP contribution in [0, 0.1) is 5.92 Å². The first-order chi connectivity index (χ1) is 8.24. The van der Waals surface area contributed by atoms with Crippen molar-refractivity contribution in [3.05, 3.63) is 5.82 Å². The van der Waals surface area contributed by atoms with E-state index < -0.39 is 0 Å². The summed E-state index contributed by atoms with van der Waals surface area (Å²) in [5.41, 5.74) is 5.66. The highest BCUT2D eigenvalue weighted by Crippen LogP contribution is 2.35. The molecule has 0 aliphatic heterocycles. The van der Waals surface area contributed by atoms with E-state index in [0.717, 1.165) is 23.4 Å². The molecule has 1 aliphatic carbocycles. The molecular formula is C12H22N4S. The van der Waals surface area contributed by atoms with Crippen molar-refractivity contribution in [3.63, 3.8) is 0 Å². The van der Waals surface area contributed by atoms with Crippen molar-refractivity contribution in [2.45, 2.75) is 63.0 Å². The van der Waals surface area contributed by atoms with Crippen LogP contribution in [0.2, 0.25) is 0 Å². The molecule has 2 N–H and O–H groups in total. The minimum absolute atomic E-state index is 0.475. The molecule has 0 aromatic carbocycles. The lowest BCUT2D eigenvalue weighted by atomic mass is 9.91. The Labute approximate surface area is 107 Å². The average molecular weight is 254 g/mol. The van der Waals surface area contributed by atoms with Crippen LogP contribution in [0.1, 0.15) is 45.4 Å². The molecule has 0 amide bonds. The quantitative estimate of drug-likeness (QED) is 0.896. The lowest BCUT2D eigenvalue weighted by Gasteiger charge is -2.25. The molecule has 0 atom stereocenters. The van der Waals surface area contributed by atoms with Crippen LogP contribution < -0.4 is 5.73 Å². The van der Waals surface area contributed by atoms with E-state index in [4.69, 9.17) is 5.73 Å². The first kappa shape index (κ1) is 12.9. The van der Waals surface area contributed by atoms with Gasteiger partial charge >= 0.3 is 0 Å². The highest BCUT2D eigenvalue weighted by Gasteiger charge is 2.21. The lowest BCUT2D eigenvalue weighted by Crippen LogP contribution is -2.15. The topological polar surface area (TPSA) is 56.7 Å². The predicted molar refractivity (Wildman–Crippen MR) is 70.9 cm³/mol. The molecule has 0 spiro atoms. The summed E-state index contributed by atoms with van der Waals surface area (Å²) in [7, 11) is 0. The van der Waals surface area contributed by atoms with Gasteiger partial charge in [-0.2, -0.15) is 0 Å². The van der Waals surface area contributed by atoms with Crippen LogP contribution in [-0.2, 0) is 13.1 Å². The number of nitrogens with two attached hydrogens (primary N) is 1. The van der Waals surface area contributed by atoms with E-state index in [1.165, 1.54) is 25.7 Å². The average Bonchev–Trinajstić information content (AvgIpc) is 2.74. The van der Waals surface area contributed by atoms with Crippen molar-refractivity contribution in [3.8, 4) is 0 Å². The molecule has 5 heteroatoms. The normalized spacial score (nSPS) is 25.1. The maximum Gasteiger partial charge on any atom is 0.191 e. The Morgan fingerprint density at radius 3 is 2.59 bits per heavy atom. The fraction of sp³-hybridized carbons (Fsp3) is 0.833. The van der Waals surface area contributed by atoms with E-state index in [0.29, 0.717) is 11.8 Å². The second-order valence-corrected chi connectivity index (χ2v) is 6.11. The van der Waals surface area contributed by atoms with Gasteiger partial charge < -0.3 is 10.3 Å². The summed E-state index contributed by atoms with van der Waals surface area (Å²) in [6, 6.07) is 0. The van der Waals surface area contributed by atoms with Gasteiger partial charge in [0.05, 0.1) is 6.54 Å². The Balaban J connectivity index is 2.00. The molecule has 0 bridgehead atoms. The SMILES string of the molecule is CCn1c(CN)nnc1SC1CCC(C)CC1. The second-order valence-electron chi connectivity index (χ2n) is 4.85. The summed E-state index contributed by atoms with van der Waals surface area (Å²) in [5.74, 6) is 1.80. The Morgan fingerprint density at radius 1 is 1.29 bits per heavy atom. The van der Waals surface area contributed by atoms with Crippen LogP contribution in [-0.4, -0.2) is 20.0 Å². The summed E-state index contributed by atoms with van der Waals surface area (Å²) in [4.78, 5) is 0. The van der Waals surface area contributed by atoms with Gasteiger partial charge in [-0.3, -0.25) is 0 Å². The number of nitrogens with zero attached hydrogens (tertiary/aromatic N) is 3. The molecule has 0 radical (unpaired) electrons. The molecule has 1 fully saturated rings. The number of aromatic nitrogens is 3. The molecule has 1 aromatic rings. The molecule has 1 saturated carbocycles. The Kier molecular flexibility index (Phi) is 4.45. The van der Waals surface area contributed by atoms with Gasteiger partial charge in [0.15, 0.2) is 5.16 Å². The van der Waals surface area contributed by atoms with Crippen molar-refractivity contribution in [2.24, 2.45) is 11.7 Å². The van der Waals surface area contributed by atoms with Gasteiger partial charge in [0.2, 0.25) is 0 Å². The van der Waals surface area contributed by atoms with Crippen molar-refractivity contribution in [1.82, 2.24) is 14.8 Å². The molecule has 1 heterocycles. The summed E-state index contributed by atoms with van der Waals surface area (Å²) in [6.45, 7) is 5.85. The van der Waals surface area contributed by atoms with Gasteiger partial charge in [-0.1, -0.05) is 18.7 Å². The van der Waals surface area contributed by atoms with Gasteiger partial charge in [-0.15, -0.1) is 10.2 Å². The minimum Gasteiger partial charge on any atom is -0.324 e. The number of thioether (sulfide) groups is 1. The van der Waals surface area contributed by atoms with E-state index in [9.17, 15) is 0 Å². The zero-order valence-corrected chi connectivity index (χ0v) is 11.5. The molecule has 17 heavy (non-hydrogen) atoms. The van der Waals surface area contributed by atoms with E-state index in [1.54, 1.807) is 0 Å².